The van der Waals surface area contributed by atoms with E-state index in [0.717, 1.165) is 16.7 Å². The molecule has 0 aliphatic carbocycles. The lowest BCUT2D eigenvalue weighted by molar-refractivity contribution is 0.0912. The molecule has 24 heavy (non-hydrogen) atoms. The van der Waals surface area contributed by atoms with Crippen LogP contribution in [-0.4, -0.2) is 9.79 Å². The summed E-state index contributed by atoms with van der Waals surface area (Å²) in [4.78, 5) is 19.4. The third-order valence-electron chi connectivity index (χ3n) is 4.01. The molecular formula is C20H19O3P. The zero-order chi connectivity index (χ0) is 16.8. The predicted molar refractivity (Wildman–Crippen MR) is 96.3 cm³/mol. The quantitative estimate of drug-likeness (QED) is 0.655. The fourth-order valence-electron chi connectivity index (χ4n) is 2.95. The molecule has 0 amide bonds. The zero-order valence-corrected chi connectivity index (χ0v) is 14.0. The summed E-state index contributed by atoms with van der Waals surface area (Å²) in [6.45, 7) is 0. The third-order valence-corrected chi connectivity index (χ3v) is 4.49. The molecular weight excluding hydrogens is 319 g/mol. The molecule has 122 valence electrons. The topological polar surface area (TPSA) is 49.7 Å². The molecule has 4 heteroatoms. The van der Waals surface area contributed by atoms with Crippen LogP contribution in [0.2, 0.25) is 0 Å². The van der Waals surface area contributed by atoms with Crippen LogP contribution in [0.1, 0.15) is 16.7 Å². The van der Waals surface area contributed by atoms with E-state index in [2.05, 4.69) is 0 Å². The van der Waals surface area contributed by atoms with Gasteiger partial charge in [0.25, 0.3) is 0 Å². The van der Waals surface area contributed by atoms with E-state index in [1.807, 2.05) is 91.0 Å². The van der Waals surface area contributed by atoms with Gasteiger partial charge in [-0.15, -0.1) is 0 Å². The Kier molecular flexibility index (Phi) is 5.39. The predicted octanol–water partition coefficient (Wildman–Crippen LogP) is 4.40. The van der Waals surface area contributed by atoms with Crippen LogP contribution in [0.25, 0.3) is 0 Å². The summed E-state index contributed by atoms with van der Waals surface area (Å²) in [5, 5.41) is 0. The summed E-state index contributed by atoms with van der Waals surface area (Å²) in [5.74, 6) is 0. The molecule has 3 aromatic rings. The van der Waals surface area contributed by atoms with Gasteiger partial charge in [0.2, 0.25) is 0 Å². The Morgan fingerprint density at radius 3 is 1.50 bits per heavy atom. The van der Waals surface area contributed by atoms with Crippen molar-refractivity contribution in [3.8, 4) is 0 Å². The first kappa shape index (κ1) is 16.8. The lowest BCUT2D eigenvalue weighted by Gasteiger charge is -2.35. The SMILES string of the molecule is OP(O)OC(Cc1ccccc1)(c1ccccc1)c1ccccc1. The molecule has 0 spiro atoms. The fraction of sp³-hybridized carbons (Fsp3) is 0.100. The minimum atomic E-state index is -2.53. The molecule has 0 saturated carbocycles. The van der Waals surface area contributed by atoms with Crippen molar-refractivity contribution in [2.24, 2.45) is 0 Å². The van der Waals surface area contributed by atoms with Crippen molar-refractivity contribution in [1.82, 2.24) is 0 Å². The molecule has 0 fully saturated rings. The van der Waals surface area contributed by atoms with Gasteiger partial charge in [0.05, 0.1) is 0 Å². The monoisotopic (exact) mass is 338 g/mol. The molecule has 0 unspecified atom stereocenters. The number of rotatable bonds is 6. The highest BCUT2D eigenvalue weighted by atomic mass is 31.2. The maximum Gasteiger partial charge on any atom is 0.328 e. The molecule has 0 bridgehead atoms. The molecule has 0 aromatic heterocycles. The first-order chi connectivity index (χ1) is 11.7. The van der Waals surface area contributed by atoms with Crippen molar-refractivity contribution < 1.29 is 14.3 Å². The van der Waals surface area contributed by atoms with E-state index >= 15 is 0 Å². The van der Waals surface area contributed by atoms with Crippen LogP contribution >= 0.6 is 8.60 Å². The van der Waals surface area contributed by atoms with Gasteiger partial charge in [0.15, 0.2) is 0 Å². The van der Waals surface area contributed by atoms with Gasteiger partial charge in [-0.25, -0.2) is 0 Å². The maximum atomic E-state index is 9.69. The summed E-state index contributed by atoms with van der Waals surface area (Å²) in [6, 6.07) is 29.3. The van der Waals surface area contributed by atoms with Gasteiger partial charge in [0.1, 0.15) is 5.60 Å². The maximum absolute atomic E-state index is 9.69. The molecule has 3 rings (SSSR count). The minimum Gasteiger partial charge on any atom is -0.328 e. The zero-order valence-electron chi connectivity index (χ0n) is 13.1. The van der Waals surface area contributed by atoms with E-state index in [0.29, 0.717) is 6.42 Å². The standard InChI is InChI=1S/C20H19O3P/c21-24(22)23-20(18-12-6-2-7-13-18,19-14-8-3-9-15-19)16-17-10-4-1-5-11-17/h1-15,21-22H,16H2. The summed E-state index contributed by atoms with van der Waals surface area (Å²) in [7, 11) is -2.53. The van der Waals surface area contributed by atoms with Gasteiger partial charge in [0, 0.05) is 6.42 Å². The second kappa shape index (κ2) is 7.69. The van der Waals surface area contributed by atoms with E-state index in [-0.39, 0.29) is 0 Å². The Labute approximate surface area is 143 Å². The molecule has 0 aliphatic rings. The normalized spacial score (nSPS) is 11.6. The van der Waals surface area contributed by atoms with Crippen molar-refractivity contribution in [3.63, 3.8) is 0 Å². The Morgan fingerprint density at radius 1 is 0.667 bits per heavy atom. The van der Waals surface area contributed by atoms with E-state index in [1.54, 1.807) is 0 Å². The van der Waals surface area contributed by atoms with Gasteiger partial charge in [-0.05, 0) is 16.7 Å². The third kappa shape index (κ3) is 3.72. The van der Waals surface area contributed by atoms with Crippen LogP contribution in [0, 0.1) is 0 Å². The second-order valence-electron chi connectivity index (χ2n) is 5.57. The average molecular weight is 338 g/mol. The molecule has 2 N–H and O–H groups in total. The fourth-order valence-corrected chi connectivity index (χ4v) is 3.50. The lowest BCUT2D eigenvalue weighted by Crippen LogP contribution is -2.32. The Balaban J connectivity index is 2.16. The van der Waals surface area contributed by atoms with Gasteiger partial charge in [-0.1, -0.05) is 91.0 Å². The van der Waals surface area contributed by atoms with Crippen molar-refractivity contribution in [2.45, 2.75) is 12.0 Å². The summed E-state index contributed by atoms with van der Waals surface area (Å²) < 4.78 is 5.79. The van der Waals surface area contributed by atoms with E-state index in [1.165, 1.54) is 0 Å². The Bertz CT molecular complexity index is 706. The van der Waals surface area contributed by atoms with Crippen molar-refractivity contribution in [1.29, 1.82) is 0 Å². The van der Waals surface area contributed by atoms with Gasteiger partial charge in [-0.2, -0.15) is 0 Å². The van der Waals surface area contributed by atoms with Crippen LogP contribution in [0.3, 0.4) is 0 Å². The molecule has 3 aromatic carbocycles. The molecule has 3 nitrogen and oxygen atoms in total. The first-order valence-electron chi connectivity index (χ1n) is 7.73. The average Bonchev–Trinajstić information content (AvgIpc) is 2.63. The first-order valence-corrected chi connectivity index (χ1v) is 8.89. The lowest BCUT2D eigenvalue weighted by atomic mass is 9.81. The number of hydrogen-bond donors (Lipinski definition) is 2. The number of hydrogen-bond acceptors (Lipinski definition) is 3. The van der Waals surface area contributed by atoms with Crippen LogP contribution in [0.4, 0.5) is 0 Å². The summed E-state index contributed by atoms with van der Waals surface area (Å²) in [5.41, 5.74) is 1.87. The highest BCUT2D eigenvalue weighted by molar-refractivity contribution is 7.39. The number of benzene rings is 3. The van der Waals surface area contributed by atoms with Crippen molar-refractivity contribution in [3.05, 3.63) is 108 Å². The van der Waals surface area contributed by atoms with Crippen molar-refractivity contribution in [2.75, 3.05) is 0 Å². The largest absolute Gasteiger partial charge is 0.328 e. The van der Waals surface area contributed by atoms with Gasteiger partial charge < -0.3 is 9.79 Å². The van der Waals surface area contributed by atoms with Crippen molar-refractivity contribution >= 4 is 8.60 Å². The second-order valence-corrected chi connectivity index (χ2v) is 6.25. The summed E-state index contributed by atoms with van der Waals surface area (Å²) in [6.07, 6.45) is 0.502. The van der Waals surface area contributed by atoms with Crippen LogP contribution in [0.15, 0.2) is 91.0 Å². The van der Waals surface area contributed by atoms with Gasteiger partial charge >= 0.3 is 8.60 Å². The van der Waals surface area contributed by atoms with Crippen LogP contribution in [0.5, 0.6) is 0 Å². The molecule has 0 radical (unpaired) electrons. The molecule has 0 heterocycles. The minimum absolute atomic E-state index is 0.502. The summed E-state index contributed by atoms with van der Waals surface area (Å²) >= 11 is 0. The van der Waals surface area contributed by atoms with E-state index in [4.69, 9.17) is 4.52 Å². The molecule has 0 atom stereocenters. The van der Waals surface area contributed by atoms with Crippen LogP contribution < -0.4 is 0 Å². The van der Waals surface area contributed by atoms with E-state index in [9.17, 15) is 9.79 Å². The highest BCUT2D eigenvalue weighted by Gasteiger charge is 2.38. The van der Waals surface area contributed by atoms with E-state index < -0.39 is 14.2 Å². The Morgan fingerprint density at radius 2 is 1.08 bits per heavy atom. The smallest absolute Gasteiger partial charge is 0.328 e. The highest BCUT2D eigenvalue weighted by Crippen LogP contribution is 2.45. The van der Waals surface area contributed by atoms with Crippen LogP contribution in [-0.2, 0) is 16.5 Å². The molecule has 0 aliphatic heterocycles. The molecule has 0 saturated heterocycles. The van der Waals surface area contributed by atoms with Gasteiger partial charge in [-0.3, -0.25) is 4.52 Å². The Hall–Kier alpha value is -2.03.